The molecule has 0 aliphatic carbocycles. The van der Waals surface area contributed by atoms with Gasteiger partial charge in [-0.15, -0.1) is 0 Å². The second-order valence-electron chi connectivity index (χ2n) is 5.40. The largest absolute Gasteiger partial charge is 0.303 e. The molecule has 0 N–H and O–H groups in total. The standard InChI is InChI=1S/C18H9F4N4/c19-11-4-5-15(13(21)8-11)26-7-6-23-18(26)14-9-25(10-24-14)16-3-1-2-12(20)17(16)22/h1-5,7-10H. The van der Waals surface area contributed by atoms with Crippen LogP contribution in [0, 0.1) is 29.5 Å². The molecule has 2 heterocycles. The van der Waals surface area contributed by atoms with E-state index in [2.05, 4.69) is 16.2 Å². The Morgan fingerprint density at radius 2 is 1.77 bits per heavy atom. The maximum Gasteiger partial charge on any atom is 0.182 e. The second-order valence-corrected chi connectivity index (χ2v) is 5.40. The average molecular weight is 357 g/mol. The Morgan fingerprint density at radius 3 is 2.58 bits per heavy atom. The van der Waals surface area contributed by atoms with Crippen LogP contribution in [0.5, 0.6) is 0 Å². The summed E-state index contributed by atoms with van der Waals surface area (Å²) >= 11 is 0. The molecule has 0 unspecified atom stereocenters. The number of nitrogens with zero attached hydrogens (tertiary/aromatic N) is 4. The summed E-state index contributed by atoms with van der Waals surface area (Å²) < 4.78 is 57.1. The monoisotopic (exact) mass is 357 g/mol. The van der Waals surface area contributed by atoms with Crippen LogP contribution in [-0.4, -0.2) is 19.1 Å². The minimum absolute atomic E-state index is 0.0289. The van der Waals surface area contributed by atoms with Crippen LogP contribution in [0.3, 0.4) is 0 Å². The van der Waals surface area contributed by atoms with Crippen LogP contribution in [0.25, 0.3) is 22.9 Å². The minimum Gasteiger partial charge on any atom is -0.303 e. The van der Waals surface area contributed by atoms with Gasteiger partial charge in [0.1, 0.15) is 29.9 Å². The highest BCUT2D eigenvalue weighted by Crippen LogP contribution is 2.24. The molecular formula is C18H9F4N4. The quantitative estimate of drug-likeness (QED) is 0.518. The van der Waals surface area contributed by atoms with Crippen molar-refractivity contribution in [2.45, 2.75) is 0 Å². The third kappa shape index (κ3) is 2.65. The molecule has 4 aromatic rings. The highest BCUT2D eigenvalue weighted by molar-refractivity contribution is 5.54. The zero-order chi connectivity index (χ0) is 18.3. The van der Waals surface area contributed by atoms with E-state index < -0.39 is 23.3 Å². The summed E-state index contributed by atoms with van der Waals surface area (Å²) in [6.07, 6.45) is 6.65. The third-order valence-corrected chi connectivity index (χ3v) is 3.78. The van der Waals surface area contributed by atoms with Crippen LogP contribution in [0.2, 0.25) is 0 Å². The van der Waals surface area contributed by atoms with Gasteiger partial charge >= 0.3 is 0 Å². The fourth-order valence-electron chi connectivity index (χ4n) is 2.57. The van der Waals surface area contributed by atoms with Gasteiger partial charge in [-0.1, -0.05) is 6.07 Å². The molecule has 2 aromatic carbocycles. The first-order valence-electron chi connectivity index (χ1n) is 7.44. The van der Waals surface area contributed by atoms with E-state index in [9.17, 15) is 17.6 Å². The lowest BCUT2D eigenvalue weighted by Gasteiger charge is -2.07. The second kappa shape index (κ2) is 6.14. The maximum absolute atomic E-state index is 14.1. The number of hydrogen-bond acceptors (Lipinski definition) is 2. The predicted molar refractivity (Wildman–Crippen MR) is 84.8 cm³/mol. The molecule has 0 fully saturated rings. The summed E-state index contributed by atoms with van der Waals surface area (Å²) in [7, 11) is 0. The summed E-state index contributed by atoms with van der Waals surface area (Å²) in [6, 6.07) is 6.89. The van der Waals surface area contributed by atoms with Crippen molar-refractivity contribution in [1.82, 2.24) is 19.1 Å². The van der Waals surface area contributed by atoms with E-state index in [1.54, 1.807) is 0 Å². The number of hydrogen-bond donors (Lipinski definition) is 0. The number of rotatable bonds is 3. The first-order valence-corrected chi connectivity index (χ1v) is 7.44. The van der Waals surface area contributed by atoms with E-state index >= 15 is 0 Å². The minimum atomic E-state index is -1.02. The molecule has 4 rings (SSSR count). The van der Waals surface area contributed by atoms with Crippen molar-refractivity contribution < 1.29 is 17.6 Å². The Balaban J connectivity index is 1.78. The number of aromatic nitrogens is 4. The first-order chi connectivity index (χ1) is 12.5. The first kappa shape index (κ1) is 16.1. The number of imidazole rings is 2. The van der Waals surface area contributed by atoms with Crippen molar-refractivity contribution in [3.63, 3.8) is 0 Å². The van der Waals surface area contributed by atoms with E-state index in [0.29, 0.717) is 0 Å². The molecule has 26 heavy (non-hydrogen) atoms. The van der Waals surface area contributed by atoms with Crippen molar-refractivity contribution >= 4 is 0 Å². The fraction of sp³-hybridized carbons (Fsp3) is 0. The van der Waals surface area contributed by atoms with Crippen LogP contribution >= 0.6 is 0 Å². The molecule has 8 heteroatoms. The third-order valence-electron chi connectivity index (χ3n) is 3.78. The number of benzene rings is 2. The summed E-state index contributed by atoms with van der Waals surface area (Å²) in [5.74, 6) is -3.28. The van der Waals surface area contributed by atoms with Gasteiger partial charge in [0.15, 0.2) is 17.5 Å². The summed E-state index contributed by atoms with van der Waals surface area (Å²) in [4.78, 5) is 8.12. The van der Waals surface area contributed by atoms with Crippen molar-refractivity contribution in [3.8, 4) is 22.9 Å². The molecule has 0 saturated carbocycles. The van der Waals surface area contributed by atoms with Gasteiger partial charge < -0.3 is 4.57 Å². The lowest BCUT2D eigenvalue weighted by molar-refractivity contribution is 0.504. The van der Waals surface area contributed by atoms with Gasteiger partial charge in [-0.2, -0.15) is 0 Å². The van der Waals surface area contributed by atoms with Crippen molar-refractivity contribution in [2.24, 2.45) is 0 Å². The van der Waals surface area contributed by atoms with E-state index in [-0.39, 0.29) is 22.9 Å². The number of halogens is 4. The summed E-state index contributed by atoms with van der Waals surface area (Å²) in [5, 5.41) is 0. The van der Waals surface area contributed by atoms with Crippen LogP contribution in [-0.2, 0) is 0 Å². The average Bonchev–Trinajstić information content (AvgIpc) is 3.26. The van der Waals surface area contributed by atoms with Crippen LogP contribution in [0.4, 0.5) is 17.6 Å². The van der Waals surface area contributed by atoms with Crippen molar-refractivity contribution in [2.75, 3.05) is 0 Å². The molecule has 129 valence electrons. The van der Waals surface area contributed by atoms with Gasteiger partial charge in [0, 0.05) is 18.5 Å². The van der Waals surface area contributed by atoms with E-state index in [1.807, 2.05) is 0 Å². The van der Waals surface area contributed by atoms with E-state index in [0.717, 1.165) is 18.2 Å². The van der Waals surface area contributed by atoms with Crippen molar-refractivity contribution in [3.05, 3.63) is 84.6 Å². The van der Waals surface area contributed by atoms with Crippen LogP contribution in [0.15, 0.2) is 55.1 Å². The molecule has 0 saturated heterocycles. The molecule has 0 aliphatic rings. The van der Waals surface area contributed by atoms with Gasteiger partial charge in [-0.3, -0.25) is 4.57 Å². The molecule has 0 bridgehead atoms. The van der Waals surface area contributed by atoms with Gasteiger partial charge in [-0.05, 0) is 24.3 Å². The van der Waals surface area contributed by atoms with Crippen LogP contribution in [0.1, 0.15) is 0 Å². The molecule has 0 spiro atoms. The SMILES string of the molecule is Fc1ccc(-n2c[c]nc2-c2cn(-c3cccc(F)c3F)cn2)c(F)c1. The molecular weight excluding hydrogens is 348 g/mol. The van der Waals surface area contributed by atoms with Gasteiger partial charge in [0.2, 0.25) is 0 Å². The zero-order valence-corrected chi connectivity index (χ0v) is 13.0. The van der Waals surface area contributed by atoms with Gasteiger partial charge in [0.05, 0.1) is 11.4 Å². The fourth-order valence-corrected chi connectivity index (χ4v) is 2.57. The lowest BCUT2D eigenvalue weighted by Crippen LogP contribution is -2.00. The molecule has 4 nitrogen and oxygen atoms in total. The molecule has 1 radical (unpaired) electrons. The van der Waals surface area contributed by atoms with E-state index in [1.165, 1.54) is 46.1 Å². The van der Waals surface area contributed by atoms with Crippen LogP contribution < -0.4 is 0 Å². The normalized spacial score (nSPS) is 11.1. The molecule has 0 atom stereocenters. The highest BCUT2D eigenvalue weighted by atomic mass is 19.2. The Morgan fingerprint density at radius 1 is 0.923 bits per heavy atom. The Kier molecular flexibility index (Phi) is 3.80. The molecule has 0 amide bonds. The summed E-state index contributed by atoms with van der Waals surface area (Å²) in [6.45, 7) is 0. The lowest BCUT2D eigenvalue weighted by atomic mass is 10.2. The topological polar surface area (TPSA) is 35.6 Å². The Bertz CT molecular complexity index is 1100. The van der Waals surface area contributed by atoms with Crippen molar-refractivity contribution in [1.29, 1.82) is 0 Å². The summed E-state index contributed by atoms with van der Waals surface area (Å²) in [5.41, 5.74) is 0.305. The Labute approximate surface area is 145 Å². The van der Waals surface area contributed by atoms with Gasteiger partial charge in [-0.25, -0.2) is 27.5 Å². The Hall–Kier alpha value is -3.42. The predicted octanol–water partition coefficient (Wildman–Crippen LogP) is 4.08. The zero-order valence-electron chi connectivity index (χ0n) is 13.0. The molecule has 0 aliphatic heterocycles. The van der Waals surface area contributed by atoms with E-state index in [4.69, 9.17) is 0 Å². The molecule has 2 aromatic heterocycles. The maximum atomic E-state index is 14.1. The highest BCUT2D eigenvalue weighted by Gasteiger charge is 2.16. The smallest absolute Gasteiger partial charge is 0.182 e. The van der Waals surface area contributed by atoms with Gasteiger partial charge in [0.25, 0.3) is 0 Å².